The number of likely N-dealkylation sites (N-methyl/N-ethyl adjacent to an activating group) is 1. The Kier molecular flexibility index (Phi) is 5.80. The van der Waals surface area contributed by atoms with Crippen molar-refractivity contribution in [2.75, 3.05) is 19.6 Å². The first kappa shape index (κ1) is 16.5. The van der Waals surface area contributed by atoms with E-state index in [4.69, 9.17) is 0 Å². The van der Waals surface area contributed by atoms with Crippen LogP contribution in [0.4, 0.5) is 0 Å². The molecule has 0 fully saturated rings. The zero-order valence-electron chi connectivity index (χ0n) is 13.9. The molecule has 2 unspecified atom stereocenters. The van der Waals surface area contributed by atoms with Crippen LogP contribution < -0.4 is 5.32 Å². The molecule has 1 N–H and O–H groups in total. The Hall–Kier alpha value is -0.900. The average Bonchev–Trinajstić information content (AvgIpc) is 2.82. The van der Waals surface area contributed by atoms with Crippen LogP contribution in [0.25, 0.3) is 10.1 Å². The van der Waals surface area contributed by atoms with E-state index in [1.807, 2.05) is 11.3 Å². The number of hydrogen-bond donors (Lipinski definition) is 1. The lowest BCUT2D eigenvalue weighted by atomic mass is 10.1. The lowest BCUT2D eigenvalue weighted by Gasteiger charge is -2.26. The number of hydrogen-bond acceptors (Lipinski definition) is 3. The minimum absolute atomic E-state index is 0.410. The van der Waals surface area contributed by atoms with Gasteiger partial charge in [0.1, 0.15) is 0 Å². The van der Waals surface area contributed by atoms with E-state index in [1.54, 1.807) is 0 Å². The Balaban J connectivity index is 2.08. The van der Waals surface area contributed by atoms with Crippen LogP contribution in [0.2, 0.25) is 0 Å². The number of thiophene rings is 1. The largest absolute Gasteiger partial charge is 0.306 e. The van der Waals surface area contributed by atoms with Crippen molar-refractivity contribution in [2.45, 2.75) is 46.7 Å². The molecule has 1 aromatic heterocycles. The Bertz CT molecular complexity index is 572. The lowest BCUT2D eigenvalue weighted by Crippen LogP contribution is -2.40. The summed E-state index contributed by atoms with van der Waals surface area (Å²) in [5, 5.41) is 5.17. The standard InChI is InChI=1S/C18H28N2S/c1-6-20(7-2)12-13(3)19-15(5)18-14(4)16-10-8-9-11-17(16)21-18/h8-11,13,15,19H,6-7,12H2,1-5H3. The quantitative estimate of drug-likeness (QED) is 0.805. The normalized spacial score (nSPS) is 14.8. The van der Waals surface area contributed by atoms with E-state index in [1.165, 1.54) is 20.5 Å². The molecule has 0 aliphatic heterocycles. The van der Waals surface area contributed by atoms with Crippen LogP contribution in [-0.4, -0.2) is 30.6 Å². The van der Waals surface area contributed by atoms with E-state index in [-0.39, 0.29) is 0 Å². The van der Waals surface area contributed by atoms with Gasteiger partial charge in [-0.15, -0.1) is 11.3 Å². The van der Waals surface area contributed by atoms with Crippen LogP contribution in [0.3, 0.4) is 0 Å². The number of benzene rings is 1. The molecule has 0 saturated heterocycles. The fourth-order valence-corrected chi connectivity index (χ4v) is 4.25. The second kappa shape index (κ2) is 7.39. The van der Waals surface area contributed by atoms with E-state index < -0.39 is 0 Å². The maximum absolute atomic E-state index is 3.77. The van der Waals surface area contributed by atoms with Gasteiger partial charge >= 0.3 is 0 Å². The molecule has 2 atom stereocenters. The number of fused-ring (bicyclic) bond motifs is 1. The smallest absolute Gasteiger partial charge is 0.0391 e. The van der Waals surface area contributed by atoms with Crippen LogP contribution in [0, 0.1) is 6.92 Å². The molecule has 0 aliphatic rings. The average molecular weight is 305 g/mol. The Labute approximate surface area is 133 Å². The Morgan fingerprint density at radius 3 is 2.43 bits per heavy atom. The van der Waals surface area contributed by atoms with Crippen molar-refractivity contribution in [3.05, 3.63) is 34.7 Å². The van der Waals surface area contributed by atoms with Gasteiger partial charge in [-0.25, -0.2) is 0 Å². The minimum Gasteiger partial charge on any atom is -0.306 e. The van der Waals surface area contributed by atoms with Gasteiger partial charge in [0.05, 0.1) is 0 Å². The molecule has 0 aliphatic carbocycles. The SMILES string of the molecule is CCN(CC)CC(C)NC(C)c1sc2ccccc2c1C. The Morgan fingerprint density at radius 1 is 1.14 bits per heavy atom. The van der Waals surface area contributed by atoms with Crippen LogP contribution in [0.5, 0.6) is 0 Å². The van der Waals surface area contributed by atoms with Crippen molar-refractivity contribution in [3.8, 4) is 0 Å². The van der Waals surface area contributed by atoms with Gasteiger partial charge in [-0.2, -0.15) is 0 Å². The summed E-state index contributed by atoms with van der Waals surface area (Å²) in [4.78, 5) is 3.95. The first-order valence-corrected chi connectivity index (χ1v) is 8.84. The number of nitrogens with zero attached hydrogens (tertiary/aromatic N) is 1. The summed E-state index contributed by atoms with van der Waals surface area (Å²) in [7, 11) is 0. The van der Waals surface area contributed by atoms with Gasteiger partial charge < -0.3 is 10.2 Å². The Morgan fingerprint density at radius 2 is 1.81 bits per heavy atom. The molecule has 116 valence electrons. The molecule has 1 aromatic carbocycles. The van der Waals surface area contributed by atoms with Gasteiger partial charge in [0, 0.05) is 28.2 Å². The number of rotatable bonds is 7. The van der Waals surface area contributed by atoms with E-state index in [0.29, 0.717) is 12.1 Å². The molecule has 0 amide bonds. The molecule has 1 heterocycles. The van der Waals surface area contributed by atoms with Gasteiger partial charge in [-0.05, 0) is 50.9 Å². The van der Waals surface area contributed by atoms with Crippen molar-refractivity contribution < 1.29 is 0 Å². The highest BCUT2D eigenvalue weighted by molar-refractivity contribution is 7.19. The van der Waals surface area contributed by atoms with Crippen molar-refractivity contribution in [1.29, 1.82) is 0 Å². The van der Waals surface area contributed by atoms with Gasteiger partial charge in [-0.3, -0.25) is 0 Å². The first-order chi connectivity index (χ1) is 10.1. The highest BCUT2D eigenvalue weighted by atomic mass is 32.1. The molecule has 0 spiro atoms. The maximum atomic E-state index is 3.77. The predicted octanol–water partition coefficient (Wildman–Crippen LogP) is 4.59. The van der Waals surface area contributed by atoms with E-state index in [0.717, 1.165) is 19.6 Å². The van der Waals surface area contributed by atoms with Crippen molar-refractivity contribution >= 4 is 21.4 Å². The molecule has 2 rings (SSSR count). The summed E-state index contributed by atoms with van der Waals surface area (Å²) in [6.45, 7) is 14.7. The van der Waals surface area contributed by atoms with Crippen molar-refractivity contribution in [1.82, 2.24) is 10.2 Å². The number of aryl methyl sites for hydroxylation is 1. The van der Waals surface area contributed by atoms with Crippen LogP contribution >= 0.6 is 11.3 Å². The summed E-state index contributed by atoms with van der Waals surface area (Å²) in [6.07, 6.45) is 0. The van der Waals surface area contributed by atoms with E-state index in [2.05, 4.69) is 69.1 Å². The topological polar surface area (TPSA) is 15.3 Å². The van der Waals surface area contributed by atoms with Crippen LogP contribution in [-0.2, 0) is 0 Å². The summed E-state index contributed by atoms with van der Waals surface area (Å²) in [5.74, 6) is 0. The summed E-state index contributed by atoms with van der Waals surface area (Å²) in [6, 6.07) is 9.63. The maximum Gasteiger partial charge on any atom is 0.0391 e. The molecule has 0 saturated carbocycles. The van der Waals surface area contributed by atoms with Crippen molar-refractivity contribution in [2.24, 2.45) is 0 Å². The van der Waals surface area contributed by atoms with E-state index in [9.17, 15) is 0 Å². The lowest BCUT2D eigenvalue weighted by molar-refractivity contribution is 0.264. The third kappa shape index (κ3) is 3.85. The first-order valence-electron chi connectivity index (χ1n) is 8.03. The summed E-state index contributed by atoms with van der Waals surface area (Å²) in [5.41, 5.74) is 1.44. The van der Waals surface area contributed by atoms with Crippen molar-refractivity contribution in [3.63, 3.8) is 0 Å². The molecule has 21 heavy (non-hydrogen) atoms. The van der Waals surface area contributed by atoms with Gasteiger partial charge in [0.2, 0.25) is 0 Å². The van der Waals surface area contributed by atoms with E-state index >= 15 is 0 Å². The number of nitrogens with one attached hydrogen (secondary N) is 1. The minimum atomic E-state index is 0.410. The molecular formula is C18H28N2S. The molecule has 0 bridgehead atoms. The molecule has 2 nitrogen and oxygen atoms in total. The fourth-order valence-electron chi connectivity index (χ4n) is 3.03. The zero-order chi connectivity index (χ0) is 15.4. The summed E-state index contributed by atoms with van der Waals surface area (Å²) < 4.78 is 1.40. The highest BCUT2D eigenvalue weighted by Crippen LogP contribution is 2.34. The van der Waals surface area contributed by atoms with Crippen LogP contribution in [0.15, 0.2) is 24.3 Å². The monoisotopic (exact) mass is 304 g/mol. The second-order valence-corrected chi connectivity index (χ2v) is 6.95. The third-order valence-corrected chi connectivity index (χ3v) is 5.69. The highest BCUT2D eigenvalue weighted by Gasteiger charge is 2.16. The second-order valence-electron chi connectivity index (χ2n) is 5.86. The molecule has 3 heteroatoms. The molecular weight excluding hydrogens is 276 g/mol. The van der Waals surface area contributed by atoms with Gasteiger partial charge in [-0.1, -0.05) is 32.0 Å². The van der Waals surface area contributed by atoms with Gasteiger partial charge in [0.25, 0.3) is 0 Å². The predicted molar refractivity (Wildman–Crippen MR) is 95.4 cm³/mol. The zero-order valence-corrected chi connectivity index (χ0v) is 14.8. The molecule has 2 aromatic rings. The third-order valence-electron chi connectivity index (χ3n) is 4.23. The van der Waals surface area contributed by atoms with Crippen LogP contribution in [0.1, 0.15) is 44.2 Å². The molecule has 0 radical (unpaired) electrons. The summed E-state index contributed by atoms with van der Waals surface area (Å²) >= 11 is 1.93. The fraction of sp³-hybridized carbons (Fsp3) is 0.556. The van der Waals surface area contributed by atoms with Gasteiger partial charge in [0.15, 0.2) is 0 Å².